The van der Waals surface area contributed by atoms with Gasteiger partial charge >= 0.3 is 5.97 Å². The van der Waals surface area contributed by atoms with Crippen molar-refractivity contribution in [1.29, 1.82) is 0 Å². The maximum atomic E-state index is 13.1. The SMILES string of the molecule is COc1cc(N)ccc1C(=O)N(Cl)C1CCN(CCCCCC(=O)OC2CN3CCC2CC3)CC1OC. The van der Waals surface area contributed by atoms with Gasteiger partial charge in [0, 0.05) is 56.7 Å². The Balaban J connectivity index is 1.17. The largest absolute Gasteiger partial charge is 0.496 e. The van der Waals surface area contributed by atoms with E-state index in [-0.39, 0.29) is 30.1 Å². The number of unbranched alkanes of at least 4 members (excludes halogenated alkanes) is 2. The van der Waals surface area contributed by atoms with E-state index in [1.807, 2.05) is 0 Å². The summed E-state index contributed by atoms with van der Waals surface area (Å²) in [7, 11) is 3.16. The zero-order valence-electron chi connectivity index (χ0n) is 22.1. The second kappa shape index (κ2) is 13.1. The molecule has 1 aromatic carbocycles. The van der Waals surface area contributed by atoms with Crippen LogP contribution in [-0.2, 0) is 14.3 Å². The number of fused-ring (bicyclic) bond motifs is 3. The average molecular weight is 537 g/mol. The van der Waals surface area contributed by atoms with Crippen molar-refractivity contribution in [2.45, 2.75) is 63.2 Å². The van der Waals surface area contributed by atoms with Gasteiger partial charge in [0.05, 0.1) is 24.8 Å². The first kappa shape index (κ1) is 28.0. The second-order valence-electron chi connectivity index (χ2n) is 10.5. The molecule has 4 heterocycles. The third-order valence-electron chi connectivity index (χ3n) is 8.09. The third kappa shape index (κ3) is 7.07. The van der Waals surface area contributed by atoms with Crippen molar-refractivity contribution in [3.05, 3.63) is 23.8 Å². The van der Waals surface area contributed by atoms with Gasteiger partial charge in [-0.3, -0.25) is 14.5 Å². The molecule has 0 spiro atoms. The maximum Gasteiger partial charge on any atom is 0.306 e. The van der Waals surface area contributed by atoms with Crippen molar-refractivity contribution in [1.82, 2.24) is 14.2 Å². The minimum Gasteiger partial charge on any atom is -0.496 e. The lowest BCUT2D eigenvalue weighted by atomic mass is 9.86. The first-order valence-electron chi connectivity index (χ1n) is 13.5. The number of benzene rings is 1. The standard InChI is InChI=1S/C27H41ClN4O5/c1-35-23-16-20(29)7-8-21(23)27(34)32(28)22-11-15-30(18-25(22)36-2)12-5-3-4-6-26(33)37-24-17-31-13-9-19(24)10-14-31/h7-8,16,19,22,24-25H,3-6,9-15,17-18,29H2,1-2H3. The van der Waals surface area contributed by atoms with Gasteiger partial charge < -0.3 is 24.8 Å². The Morgan fingerprint density at radius 3 is 2.51 bits per heavy atom. The van der Waals surface area contributed by atoms with E-state index in [4.69, 9.17) is 31.7 Å². The number of hydrogen-bond donors (Lipinski definition) is 1. The van der Waals surface area contributed by atoms with Crippen LogP contribution in [0.4, 0.5) is 5.69 Å². The Morgan fingerprint density at radius 2 is 1.84 bits per heavy atom. The van der Waals surface area contributed by atoms with Crippen molar-refractivity contribution < 1.29 is 23.8 Å². The summed E-state index contributed by atoms with van der Waals surface area (Å²) in [5, 5.41) is 0. The van der Waals surface area contributed by atoms with E-state index in [1.54, 1.807) is 25.3 Å². The van der Waals surface area contributed by atoms with E-state index in [0.717, 1.165) is 64.8 Å². The highest BCUT2D eigenvalue weighted by Crippen LogP contribution is 2.30. The molecule has 4 fully saturated rings. The molecule has 0 aromatic heterocycles. The molecule has 3 atom stereocenters. The zero-order valence-corrected chi connectivity index (χ0v) is 22.8. The first-order chi connectivity index (χ1) is 17.9. The van der Waals surface area contributed by atoms with Gasteiger partial charge in [-0.25, -0.2) is 4.42 Å². The molecular weight excluding hydrogens is 496 g/mol. The molecule has 4 aliphatic heterocycles. The summed E-state index contributed by atoms with van der Waals surface area (Å²) in [6.07, 6.45) is 6.22. The molecule has 5 rings (SSSR count). The molecule has 9 nitrogen and oxygen atoms in total. The average Bonchev–Trinajstić information content (AvgIpc) is 2.92. The molecule has 2 bridgehead atoms. The summed E-state index contributed by atoms with van der Waals surface area (Å²) in [5.74, 6) is 0.570. The normalized spacial score (nSPS) is 27.6. The van der Waals surface area contributed by atoms with Crippen LogP contribution >= 0.6 is 11.8 Å². The topological polar surface area (TPSA) is 97.6 Å². The lowest BCUT2D eigenvalue weighted by Gasteiger charge is -2.43. The smallest absolute Gasteiger partial charge is 0.306 e. The Bertz CT molecular complexity index is 926. The number of esters is 1. The molecular formula is C27H41ClN4O5. The predicted molar refractivity (Wildman–Crippen MR) is 143 cm³/mol. The van der Waals surface area contributed by atoms with Crippen molar-refractivity contribution in [2.24, 2.45) is 5.92 Å². The quantitative estimate of drug-likeness (QED) is 0.199. The number of nitrogens with two attached hydrogens (primary N) is 1. The highest BCUT2D eigenvalue weighted by Gasteiger charge is 2.37. The lowest BCUT2D eigenvalue weighted by Crippen LogP contribution is -2.53. The number of anilines is 1. The zero-order chi connectivity index (χ0) is 26.4. The minimum atomic E-state index is -0.329. The van der Waals surface area contributed by atoms with Gasteiger partial charge in [0.2, 0.25) is 0 Å². The molecule has 10 heteroatoms. The molecule has 0 radical (unpaired) electrons. The van der Waals surface area contributed by atoms with E-state index in [9.17, 15) is 9.59 Å². The van der Waals surface area contributed by atoms with Crippen molar-refractivity contribution in [3.8, 4) is 5.75 Å². The fourth-order valence-electron chi connectivity index (χ4n) is 5.87. The molecule has 3 unspecified atom stereocenters. The number of methoxy groups -OCH3 is 2. The predicted octanol–water partition coefficient (Wildman–Crippen LogP) is 3.16. The number of nitrogen functional groups attached to an aromatic ring is 1. The molecule has 0 aliphatic carbocycles. The van der Waals surface area contributed by atoms with Crippen LogP contribution in [0, 0.1) is 5.92 Å². The fraction of sp³-hybridized carbons (Fsp3) is 0.704. The molecule has 37 heavy (non-hydrogen) atoms. The number of rotatable bonds is 11. The van der Waals surface area contributed by atoms with E-state index in [0.29, 0.717) is 42.3 Å². The van der Waals surface area contributed by atoms with Gasteiger partial charge in [0.25, 0.3) is 5.91 Å². The summed E-state index contributed by atoms with van der Waals surface area (Å²) in [4.78, 5) is 30.2. The first-order valence-corrected chi connectivity index (χ1v) is 13.8. The minimum absolute atomic E-state index is 0.0522. The Morgan fingerprint density at radius 1 is 1.05 bits per heavy atom. The van der Waals surface area contributed by atoms with Crippen molar-refractivity contribution >= 4 is 29.3 Å². The summed E-state index contributed by atoms with van der Waals surface area (Å²) in [6.45, 7) is 5.64. The van der Waals surface area contributed by atoms with Crippen LogP contribution in [0.15, 0.2) is 18.2 Å². The summed E-state index contributed by atoms with van der Waals surface area (Å²) < 4.78 is 18.1. The molecule has 1 amide bonds. The van der Waals surface area contributed by atoms with Crippen LogP contribution in [0.1, 0.15) is 55.3 Å². The fourth-order valence-corrected chi connectivity index (χ4v) is 6.18. The van der Waals surface area contributed by atoms with Crippen LogP contribution in [-0.4, -0.2) is 97.8 Å². The number of piperidine rings is 4. The molecule has 1 aromatic rings. The monoisotopic (exact) mass is 536 g/mol. The van der Waals surface area contributed by atoms with Crippen LogP contribution in [0.5, 0.6) is 5.75 Å². The number of ether oxygens (including phenoxy) is 3. The number of carbonyl (C=O) groups excluding carboxylic acids is 2. The highest BCUT2D eigenvalue weighted by molar-refractivity contribution is 6.24. The van der Waals surface area contributed by atoms with Gasteiger partial charge in [-0.2, -0.15) is 0 Å². The summed E-state index contributed by atoms with van der Waals surface area (Å²) >= 11 is 6.55. The van der Waals surface area contributed by atoms with Crippen molar-refractivity contribution in [3.63, 3.8) is 0 Å². The van der Waals surface area contributed by atoms with Gasteiger partial charge in [-0.15, -0.1) is 0 Å². The van der Waals surface area contributed by atoms with Crippen LogP contribution < -0.4 is 10.5 Å². The van der Waals surface area contributed by atoms with E-state index in [2.05, 4.69) is 9.80 Å². The van der Waals surface area contributed by atoms with Gasteiger partial charge in [-0.05, 0) is 69.8 Å². The van der Waals surface area contributed by atoms with Crippen LogP contribution in [0.25, 0.3) is 0 Å². The summed E-state index contributed by atoms with van der Waals surface area (Å²) in [6, 6.07) is 4.66. The molecule has 4 aliphatic rings. The Hall–Kier alpha value is -2.07. The molecule has 206 valence electrons. The second-order valence-corrected chi connectivity index (χ2v) is 10.8. The number of halogens is 1. The number of nitrogens with zero attached hydrogens (tertiary/aromatic N) is 3. The number of amides is 1. The van der Waals surface area contributed by atoms with E-state index in [1.165, 1.54) is 11.5 Å². The van der Waals surface area contributed by atoms with Gasteiger partial charge in [0.15, 0.2) is 0 Å². The van der Waals surface area contributed by atoms with Gasteiger partial charge in [0.1, 0.15) is 11.9 Å². The van der Waals surface area contributed by atoms with E-state index >= 15 is 0 Å². The Labute approximate surface area is 225 Å². The van der Waals surface area contributed by atoms with Gasteiger partial charge in [-0.1, -0.05) is 6.42 Å². The van der Waals surface area contributed by atoms with Crippen LogP contribution in [0.3, 0.4) is 0 Å². The third-order valence-corrected chi connectivity index (χ3v) is 8.49. The lowest BCUT2D eigenvalue weighted by molar-refractivity contribution is -0.158. The molecule has 4 saturated heterocycles. The number of carbonyl (C=O) groups is 2. The molecule has 2 N–H and O–H groups in total. The summed E-state index contributed by atoms with van der Waals surface area (Å²) in [5.41, 5.74) is 6.70. The van der Waals surface area contributed by atoms with E-state index < -0.39 is 0 Å². The Kier molecular flexibility index (Phi) is 9.92. The van der Waals surface area contributed by atoms with Crippen molar-refractivity contribution in [2.75, 3.05) is 59.2 Å². The maximum absolute atomic E-state index is 13.1. The number of likely N-dealkylation sites (tertiary alicyclic amines) is 1. The molecule has 0 saturated carbocycles. The van der Waals surface area contributed by atoms with Crippen LogP contribution in [0.2, 0.25) is 0 Å². The number of hydrogen-bond acceptors (Lipinski definition) is 8. The highest BCUT2D eigenvalue weighted by atomic mass is 35.5.